The number of hydrogen-bond acceptors (Lipinski definition) is 4. The van der Waals surface area contributed by atoms with E-state index in [2.05, 4.69) is 41.1 Å². The zero-order valence-electron chi connectivity index (χ0n) is 19.0. The molecule has 0 radical (unpaired) electrons. The van der Waals surface area contributed by atoms with E-state index in [9.17, 15) is 4.79 Å². The van der Waals surface area contributed by atoms with Crippen LogP contribution in [0.5, 0.6) is 0 Å². The van der Waals surface area contributed by atoms with Crippen LogP contribution in [0.1, 0.15) is 43.9 Å². The van der Waals surface area contributed by atoms with Gasteiger partial charge in [0.2, 0.25) is 5.91 Å². The molecule has 0 aliphatic carbocycles. The number of amides is 1. The number of halogens is 2. The lowest BCUT2D eigenvalue weighted by atomic mass is 9.98. The van der Waals surface area contributed by atoms with Gasteiger partial charge in [0.1, 0.15) is 0 Å². The molecule has 1 atom stereocenters. The van der Waals surface area contributed by atoms with Gasteiger partial charge in [0.25, 0.3) is 0 Å². The molecule has 7 heteroatoms. The van der Waals surface area contributed by atoms with E-state index in [-0.39, 0.29) is 11.9 Å². The smallest absolute Gasteiger partial charge is 0.219 e. The van der Waals surface area contributed by atoms with Crippen molar-refractivity contribution in [3.63, 3.8) is 0 Å². The Bertz CT molecular complexity index is 949. The largest absolute Gasteiger partial charge is 0.385 e. The minimum atomic E-state index is -0.0236. The van der Waals surface area contributed by atoms with Crippen molar-refractivity contribution in [1.29, 1.82) is 0 Å². The molecule has 2 aromatic carbocycles. The molecule has 1 N–H and O–H groups in total. The SMILES string of the molecule is CCC(c1ccc(Cl)c(NC)c1N1CCCN(c2ccc(Cl)cc2C)C1)N(C)C(C)=O. The van der Waals surface area contributed by atoms with Crippen molar-refractivity contribution in [2.45, 2.75) is 39.7 Å². The van der Waals surface area contributed by atoms with Crippen LogP contribution in [0.15, 0.2) is 30.3 Å². The molecular formula is C24H32Cl2N4O. The topological polar surface area (TPSA) is 38.8 Å². The summed E-state index contributed by atoms with van der Waals surface area (Å²) in [4.78, 5) is 18.8. The molecule has 1 unspecified atom stereocenters. The Morgan fingerprint density at radius 3 is 2.52 bits per heavy atom. The van der Waals surface area contributed by atoms with Gasteiger partial charge < -0.3 is 20.0 Å². The van der Waals surface area contributed by atoms with Gasteiger partial charge in [-0.15, -0.1) is 0 Å². The molecule has 0 aromatic heterocycles. The van der Waals surface area contributed by atoms with Crippen molar-refractivity contribution in [3.8, 4) is 0 Å². The molecule has 1 aliphatic rings. The normalized spacial score (nSPS) is 15.1. The maximum atomic E-state index is 12.2. The molecule has 0 spiro atoms. The summed E-state index contributed by atoms with van der Waals surface area (Å²) in [5.41, 5.74) is 5.45. The maximum absolute atomic E-state index is 12.2. The van der Waals surface area contributed by atoms with Crippen molar-refractivity contribution in [3.05, 3.63) is 51.5 Å². The third-order valence-electron chi connectivity index (χ3n) is 6.13. The standard InChI is InChI=1S/C24H32Cl2N4O/c1-6-21(28(5)17(3)31)19-9-10-20(26)23(27-4)24(19)30-13-7-12-29(15-30)22-11-8-18(25)14-16(22)2/h8-11,14,21,27H,6-7,12-13,15H2,1-5H3. The maximum Gasteiger partial charge on any atom is 0.219 e. The van der Waals surface area contributed by atoms with Crippen molar-refractivity contribution in [1.82, 2.24) is 4.90 Å². The summed E-state index contributed by atoms with van der Waals surface area (Å²) in [6.45, 7) is 8.47. The third-order valence-corrected chi connectivity index (χ3v) is 6.68. The summed E-state index contributed by atoms with van der Waals surface area (Å²) < 4.78 is 0. The predicted octanol–water partition coefficient (Wildman–Crippen LogP) is 5.95. The Kier molecular flexibility index (Phi) is 7.60. The molecule has 1 aliphatic heterocycles. The van der Waals surface area contributed by atoms with Gasteiger partial charge in [-0.2, -0.15) is 0 Å². The first-order valence-corrected chi connectivity index (χ1v) is 11.5. The van der Waals surface area contributed by atoms with Crippen molar-refractivity contribution < 1.29 is 4.79 Å². The fourth-order valence-electron chi connectivity index (χ4n) is 4.50. The van der Waals surface area contributed by atoms with E-state index in [1.165, 1.54) is 5.69 Å². The molecule has 0 bridgehead atoms. The van der Waals surface area contributed by atoms with E-state index in [4.69, 9.17) is 23.2 Å². The second kappa shape index (κ2) is 10.0. The van der Waals surface area contributed by atoms with E-state index < -0.39 is 0 Å². The first-order valence-electron chi connectivity index (χ1n) is 10.8. The number of rotatable bonds is 6. The van der Waals surface area contributed by atoms with E-state index in [1.807, 2.05) is 37.2 Å². The van der Waals surface area contributed by atoms with Crippen LogP contribution in [0.25, 0.3) is 0 Å². The second-order valence-corrected chi connectivity index (χ2v) is 8.96. The van der Waals surface area contributed by atoms with Crippen LogP contribution in [0.4, 0.5) is 17.1 Å². The van der Waals surface area contributed by atoms with Gasteiger partial charge >= 0.3 is 0 Å². The second-order valence-electron chi connectivity index (χ2n) is 8.12. The Morgan fingerprint density at radius 1 is 1.19 bits per heavy atom. The molecule has 31 heavy (non-hydrogen) atoms. The number of carbonyl (C=O) groups is 1. The Labute approximate surface area is 195 Å². The van der Waals surface area contributed by atoms with Crippen LogP contribution in [0.3, 0.4) is 0 Å². The quantitative estimate of drug-likeness (QED) is 0.575. The van der Waals surface area contributed by atoms with E-state index >= 15 is 0 Å². The molecule has 5 nitrogen and oxygen atoms in total. The van der Waals surface area contributed by atoms with Crippen LogP contribution in [0, 0.1) is 6.92 Å². The predicted molar refractivity (Wildman–Crippen MR) is 133 cm³/mol. The van der Waals surface area contributed by atoms with Gasteiger partial charge in [-0.05, 0) is 49.6 Å². The zero-order chi connectivity index (χ0) is 22.7. The number of aryl methyl sites for hydroxylation is 1. The fourth-order valence-corrected chi connectivity index (χ4v) is 4.98. The summed E-state index contributed by atoms with van der Waals surface area (Å²) in [5, 5.41) is 4.74. The first-order chi connectivity index (χ1) is 14.8. The Morgan fingerprint density at radius 2 is 1.90 bits per heavy atom. The summed E-state index contributed by atoms with van der Waals surface area (Å²) in [6.07, 6.45) is 1.85. The highest BCUT2D eigenvalue weighted by atomic mass is 35.5. The third kappa shape index (κ3) is 4.88. The molecule has 1 amide bonds. The van der Waals surface area contributed by atoms with Gasteiger partial charge in [-0.3, -0.25) is 4.79 Å². The van der Waals surface area contributed by atoms with Gasteiger partial charge in [-0.1, -0.05) is 36.2 Å². The van der Waals surface area contributed by atoms with Gasteiger partial charge in [-0.25, -0.2) is 0 Å². The highest BCUT2D eigenvalue weighted by Crippen LogP contribution is 2.42. The Hall–Kier alpha value is -2.11. The van der Waals surface area contributed by atoms with Gasteiger partial charge in [0.15, 0.2) is 0 Å². The van der Waals surface area contributed by atoms with Crippen LogP contribution in [0.2, 0.25) is 10.0 Å². The van der Waals surface area contributed by atoms with Crippen molar-refractivity contribution in [2.24, 2.45) is 0 Å². The first kappa shape index (κ1) is 23.6. The van der Waals surface area contributed by atoms with Crippen molar-refractivity contribution in [2.75, 3.05) is 49.0 Å². The Balaban J connectivity index is 2.05. The molecule has 2 aromatic rings. The van der Waals surface area contributed by atoms with Crippen LogP contribution in [-0.2, 0) is 4.79 Å². The number of anilines is 3. The zero-order valence-corrected chi connectivity index (χ0v) is 20.5. The number of carbonyl (C=O) groups excluding carboxylic acids is 1. The number of benzene rings is 2. The van der Waals surface area contributed by atoms with Crippen LogP contribution < -0.4 is 15.1 Å². The monoisotopic (exact) mass is 462 g/mol. The molecule has 3 rings (SSSR count). The molecule has 1 fully saturated rings. The number of nitrogens with zero attached hydrogens (tertiary/aromatic N) is 3. The highest BCUT2D eigenvalue weighted by molar-refractivity contribution is 6.34. The molecule has 0 saturated carbocycles. The lowest BCUT2D eigenvalue weighted by molar-refractivity contribution is -0.129. The molecule has 1 heterocycles. The number of hydrogen-bond donors (Lipinski definition) is 1. The minimum Gasteiger partial charge on any atom is -0.385 e. The summed E-state index contributed by atoms with van der Waals surface area (Å²) >= 11 is 12.8. The van der Waals surface area contributed by atoms with Gasteiger partial charge in [0.05, 0.1) is 29.1 Å². The lowest BCUT2D eigenvalue weighted by Crippen LogP contribution is -2.46. The summed E-state index contributed by atoms with van der Waals surface area (Å²) in [7, 11) is 3.77. The average molecular weight is 463 g/mol. The summed E-state index contributed by atoms with van der Waals surface area (Å²) in [6, 6.07) is 10.0. The lowest BCUT2D eigenvalue weighted by Gasteiger charge is -2.42. The van der Waals surface area contributed by atoms with Crippen LogP contribution >= 0.6 is 23.2 Å². The molecule has 168 valence electrons. The van der Waals surface area contributed by atoms with E-state index in [1.54, 1.807) is 6.92 Å². The highest BCUT2D eigenvalue weighted by Gasteiger charge is 2.29. The minimum absolute atomic E-state index is 0.0236. The van der Waals surface area contributed by atoms with Gasteiger partial charge in [0, 0.05) is 50.4 Å². The van der Waals surface area contributed by atoms with Crippen molar-refractivity contribution >= 4 is 46.2 Å². The average Bonchev–Trinajstić information content (AvgIpc) is 2.74. The number of nitrogens with one attached hydrogen (secondary N) is 1. The van der Waals surface area contributed by atoms with E-state index in [0.29, 0.717) is 5.02 Å². The molecule has 1 saturated heterocycles. The summed E-state index contributed by atoms with van der Waals surface area (Å²) in [5.74, 6) is 0.0517. The van der Waals surface area contributed by atoms with E-state index in [0.717, 1.165) is 60.1 Å². The molecular weight excluding hydrogens is 431 g/mol. The van der Waals surface area contributed by atoms with Crippen LogP contribution in [-0.4, -0.2) is 44.7 Å². The fraction of sp³-hybridized carbons (Fsp3) is 0.458.